The third-order valence-corrected chi connectivity index (χ3v) is 4.14. The monoisotopic (exact) mass is 456 g/mol. The average Bonchev–Trinajstić information content (AvgIpc) is 3.23. The molecule has 0 bridgehead atoms. The number of aryl methyl sites for hydroxylation is 1. The summed E-state index contributed by atoms with van der Waals surface area (Å²) in [4.78, 5) is 24.0. The number of carbonyl (C=O) groups excluding carboxylic acids is 2. The molecule has 0 saturated carbocycles. The molecule has 2 aromatic carbocycles. The van der Waals surface area contributed by atoms with E-state index in [2.05, 4.69) is 26.5 Å². The van der Waals surface area contributed by atoms with Crippen molar-refractivity contribution in [1.82, 2.24) is 5.43 Å². The fourth-order valence-corrected chi connectivity index (χ4v) is 2.70. The number of hydrogen-bond acceptors (Lipinski definition) is 6. The van der Waals surface area contributed by atoms with Crippen LogP contribution in [0.15, 0.2) is 74.9 Å². The third-order valence-electron chi connectivity index (χ3n) is 3.65. The summed E-state index contributed by atoms with van der Waals surface area (Å²) in [7, 11) is 0. The number of benzene rings is 2. The van der Waals surface area contributed by atoms with Gasteiger partial charge in [-0.2, -0.15) is 5.10 Å². The molecule has 0 radical (unpaired) electrons. The van der Waals surface area contributed by atoms with Gasteiger partial charge in [0.15, 0.2) is 6.61 Å². The maximum absolute atomic E-state index is 12.1. The normalized spacial score (nSPS) is 10.7. The minimum atomic E-state index is -0.637. The van der Waals surface area contributed by atoms with Crippen LogP contribution in [-0.4, -0.2) is 24.7 Å². The topological polar surface area (TPSA) is 90.1 Å². The van der Waals surface area contributed by atoms with Crippen molar-refractivity contribution in [3.05, 3.63) is 82.2 Å². The van der Waals surface area contributed by atoms with E-state index in [-0.39, 0.29) is 18.1 Å². The molecule has 3 aromatic rings. The quantitative estimate of drug-likeness (QED) is 0.250. The molecule has 0 aliphatic rings. The molecule has 3 rings (SSSR count). The highest BCUT2D eigenvalue weighted by Gasteiger charge is 2.14. The molecule has 0 aliphatic heterocycles. The smallest absolute Gasteiger partial charge is 0.379 e. The molecule has 1 heterocycles. The highest BCUT2D eigenvalue weighted by atomic mass is 79.9. The van der Waals surface area contributed by atoms with Crippen LogP contribution in [0.1, 0.15) is 21.7 Å². The second kappa shape index (κ2) is 9.70. The van der Waals surface area contributed by atoms with E-state index in [4.69, 9.17) is 13.9 Å². The second-order valence-electron chi connectivity index (χ2n) is 5.95. The number of carbonyl (C=O) groups is 2. The predicted molar refractivity (Wildman–Crippen MR) is 110 cm³/mol. The van der Waals surface area contributed by atoms with Gasteiger partial charge in [0.05, 0.1) is 12.5 Å². The molecule has 1 N–H and O–H groups in total. The molecular weight excluding hydrogens is 440 g/mol. The number of ether oxygens (including phenoxy) is 2. The van der Waals surface area contributed by atoms with Crippen LogP contribution in [0.5, 0.6) is 11.5 Å². The Morgan fingerprint density at radius 3 is 2.79 bits per heavy atom. The van der Waals surface area contributed by atoms with Crippen LogP contribution in [0.3, 0.4) is 0 Å². The Bertz CT molecular complexity index is 1030. The number of hydrogen-bond donors (Lipinski definition) is 1. The van der Waals surface area contributed by atoms with Gasteiger partial charge in [-0.1, -0.05) is 28.1 Å². The zero-order valence-electron chi connectivity index (χ0n) is 15.4. The predicted octanol–water partition coefficient (Wildman–Crippen LogP) is 4.10. The zero-order valence-corrected chi connectivity index (χ0v) is 17.0. The molecule has 1 aromatic heterocycles. The lowest BCUT2D eigenvalue weighted by Crippen LogP contribution is -2.24. The van der Waals surface area contributed by atoms with Gasteiger partial charge in [-0.3, -0.25) is 4.79 Å². The Hall–Kier alpha value is -3.39. The summed E-state index contributed by atoms with van der Waals surface area (Å²) in [5, 5.41) is 3.90. The number of hydrazone groups is 1. The lowest BCUT2D eigenvalue weighted by atomic mass is 10.2. The van der Waals surface area contributed by atoms with Crippen molar-refractivity contribution >= 4 is 34.0 Å². The van der Waals surface area contributed by atoms with E-state index in [1.807, 2.05) is 25.1 Å². The van der Waals surface area contributed by atoms with Crippen LogP contribution in [-0.2, 0) is 4.79 Å². The fraction of sp³-hybridized carbons (Fsp3) is 0.0952. The summed E-state index contributed by atoms with van der Waals surface area (Å²) in [6.45, 7) is 1.76. The maximum atomic E-state index is 12.1. The lowest BCUT2D eigenvalue weighted by Gasteiger charge is -2.07. The standard InChI is InChI=1S/C21H17BrN2O5/c1-14-4-2-5-17(10-14)28-13-20(25)24-23-12-15-11-16(22)7-8-18(15)29-21(26)19-6-3-9-27-19/h2-12H,13H2,1H3,(H,24,25)/b23-12-. The van der Waals surface area contributed by atoms with Gasteiger partial charge in [-0.05, 0) is 55.0 Å². The highest BCUT2D eigenvalue weighted by molar-refractivity contribution is 9.10. The van der Waals surface area contributed by atoms with E-state index in [0.717, 1.165) is 10.0 Å². The molecule has 7 nitrogen and oxygen atoms in total. The van der Waals surface area contributed by atoms with Gasteiger partial charge < -0.3 is 13.9 Å². The molecule has 1 amide bonds. The molecular formula is C21H17BrN2O5. The minimum Gasteiger partial charge on any atom is -0.484 e. The summed E-state index contributed by atoms with van der Waals surface area (Å²) < 4.78 is 16.5. The summed E-state index contributed by atoms with van der Waals surface area (Å²) in [5.74, 6) is -0.112. The number of esters is 1. The van der Waals surface area contributed by atoms with Gasteiger partial charge >= 0.3 is 5.97 Å². The first-order chi connectivity index (χ1) is 14.0. The number of rotatable bonds is 7. The Kier molecular flexibility index (Phi) is 6.80. The Balaban J connectivity index is 1.60. The SMILES string of the molecule is Cc1cccc(OCC(=O)N/N=C\c2cc(Br)ccc2OC(=O)c2ccco2)c1. The van der Waals surface area contributed by atoms with E-state index in [0.29, 0.717) is 11.3 Å². The molecule has 0 atom stereocenters. The fourth-order valence-electron chi connectivity index (χ4n) is 2.32. The summed E-state index contributed by atoms with van der Waals surface area (Å²) in [6.07, 6.45) is 2.76. The van der Waals surface area contributed by atoms with Crippen LogP contribution in [0.2, 0.25) is 0 Å². The van der Waals surface area contributed by atoms with Crippen molar-refractivity contribution in [1.29, 1.82) is 0 Å². The van der Waals surface area contributed by atoms with E-state index in [1.165, 1.54) is 18.5 Å². The molecule has 29 heavy (non-hydrogen) atoms. The van der Waals surface area contributed by atoms with Gasteiger partial charge in [0.25, 0.3) is 5.91 Å². The van der Waals surface area contributed by atoms with Crippen molar-refractivity contribution < 1.29 is 23.5 Å². The molecule has 0 fully saturated rings. The number of halogens is 1. The Morgan fingerprint density at radius 1 is 1.17 bits per heavy atom. The molecule has 0 aliphatic carbocycles. The van der Waals surface area contributed by atoms with Crippen LogP contribution in [0.25, 0.3) is 0 Å². The minimum absolute atomic E-state index is 0.0809. The molecule has 0 spiro atoms. The Labute approximate surface area is 175 Å². The van der Waals surface area contributed by atoms with E-state index >= 15 is 0 Å². The van der Waals surface area contributed by atoms with Crippen molar-refractivity contribution in [3.63, 3.8) is 0 Å². The first-order valence-corrected chi connectivity index (χ1v) is 9.37. The van der Waals surface area contributed by atoms with E-state index in [9.17, 15) is 9.59 Å². The third kappa shape index (κ3) is 6.05. The van der Waals surface area contributed by atoms with Crippen LogP contribution >= 0.6 is 15.9 Å². The van der Waals surface area contributed by atoms with Crippen LogP contribution in [0, 0.1) is 6.92 Å². The first-order valence-electron chi connectivity index (χ1n) is 8.58. The Morgan fingerprint density at radius 2 is 2.03 bits per heavy atom. The van der Waals surface area contributed by atoms with Crippen molar-refractivity contribution in [2.75, 3.05) is 6.61 Å². The number of nitrogens with zero attached hydrogens (tertiary/aromatic N) is 1. The zero-order chi connectivity index (χ0) is 20.6. The van der Waals surface area contributed by atoms with E-state index < -0.39 is 11.9 Å². The van der Waals surface area contributed by atoms with Crippen molar-refractivity contribution in [3.8, 4) is 11.5 Å². The largest absolute Gasteiger partial charge is 0.484 e. The first kappa shape index (κ1) is 20.3. The van der Waals surface area contributed by atoms with Crippen LogP contribution in [0.4, 0.5) is 0 Å². The molecule has 8 heteroatoms. The number of amides is 1. The van der Waals surface area contributed by atoms with Crippen LogP contribution < -0.4 is 14.9 Å². The van der Waals surface area contributed by atoms with Gasteiger partial charge in [0.2, 0.25) is 5.76 Å². The average molecular weight is 457 g/mol. The van der Waals surface area contributed by atoms with E-state index in [1.54, 1.807) is 30.3 Å². The summed E-state index contributed by atoms with van der Waals surface area (Å²) in [6, 6.07) is 15.5. The molecule has 0 unspecified atom stereocenters. The van der Waals surface area contributed by atoms with Gasteiger partial charge in [-0.25, -0.2) is 10.2 Å². The molecule has 148 valence electrons. The van der Waals surface area contributed by atoms with Gasteiger partial charge in [0.1, 0.15) is 11.5 Å². The maximum Gasteiger partial charge on any atom is 0.379 e. The number of nitrogens with one attached hydrogen (secondary N) is 1. The lowest BCUT2D eigenvalue weighted by molar-refractivity contribution is -0.123. The molecule has 0 saturated heterocycles. The summed E-state index contributed by atoms with van der Waals surface area (Å²) >= 11 is 3.35. The number of furan rings is 1. The second-order valence-corrected chi connectivity index (χ2v) is 6.86. The van der Waals surface area contributed by atoms with Crippen molar-refractivity contribution in [2.24, 2.45) is 5.10 Å². The highest BCUT2D eigenvalue weighted by Crippen LogP contribution is 2.23. The summed E-state index contributed by atoms with van der Waals surface area (Å²) in [5.41, 5.74) is 3.89. The van der Waals surface area contributed by atoms with Crippen molar-refractivity contribution in [2.45, 2.75) is 6.92 Å². The van der Waals surface area contributed by atoms with Gasteiger partial charge in [-0.15, -0.1) is 0 Å². The van der Waals surface area contributed by atoms with Gasteiger partial charge in [0, 0.05) is 10.0 Å².